The lowest BCUT2D eigenvalue weighted by Gasteiger charge is -2.26. The molecule has 7 nitrogen and oxygen atoms in total. The average molecular weight is 343 g/mol. The fourth-order valence-corrected chi connectivity index (χ4v) is 2.81. The third-order valence-electron chi connectivity index (χ3n) is 4.40. The van der Waals surface area contributed by atoms with Crippen LogP contribution in [0, 0.1) is 0 Å². The maximum atomic E-state index is 12.1. The van der Waals surface area contributed by atoms with Gasteiger partial charge in [-0.15, -0.1) is 0 Å². The van der Waals surface area contributed by atoms with E-state index < -0.39 is 0 Å². The summed E-state index contributed by atoms with van der Waals surface area (Å²) in [6.07, 6.45) is 4.48. The Bertz CT molecular complexity index is 651. The lowest BCUT2D eigenvalue weighted by molar-refractivity contribution is 0.0384. The van der Waals surface area contributed by atoms with Gasteiger partial charge >= 0.3 is 6.03 Å². The minimum absolute atomic E-state index is 0.105. The second-order valence-electron chi connectivity index (χ2n) is 6.25. The predicted molar refractivity (Wildman–Crippen MR) is 96.6 cm³/mol. The Morgan fingerprint density at radius 1 is 1.32 bits per heavy atom. The Labute approximate surface area is 147 Å². The van der Waals surface area contributed by atoms with Crippen LogP contribution >= 0.6 is 0 Å². The number of rotatable bonds is 6. The van der Waals surface area contributed by atoms with Crippen molar-refractivity contribution in [2.24, 2.45) is 0 Å². The third kappa shape index (κ3) is 5.30. The first-order valence-electron chi connectivity index (χ1n) is 8.66. The first kappa shape index (κ1) is 17.4. The van der Waals surface area contributed by atoms with Crippen molar-refractivity contribution >= 4 is 11.7 Å². The summed E-state index contributed by atoms with van der Waals surface area (Å²) < 4.78 is 5.36. The predicted octanol–water partition coefficient (Wildman–Crippen LogP) is 2.17. The normalized spacial score (nSPS) is 16.4. The summed E-state index contributed by atoms with van der Waals surface area (Å²) >= 11 is 0. The van der Waals surface area contributed by atoms with Crippen molar-refractivity contribution in [1.82, 2.24) is 20.4 Å². The summed E-state index contributed by atoms with van der Waals surface area (Å²) in [6.45, 7) is 6.63. The van der Waals surface area contributed by atoms with Crippen LogP contribution in [0.1, 0.15) is 24.1 Å². The van der Waals surface area contributed by atoms with Crippen LogP contribution in [0.3, 0.4) is 0 Å². The van der Waals surface area contributed by atoms with Crippen molar-refractivity contribution in [2.75, 3.05) is 38.2 Å². The van der Waals surface area contributed by atoms with Gasteiger partial charge in [0.2, 0.25) is 0 Å². The van der Waals surface area contributed by atoms with Crippen LogP contribution in [-0.2, 0) is 11.2 Å². The quantitative estimate of drug-likeness (QED) is 0.751. The minimum Gasteiger partial charge on any atom is -0.379 e. The number of morpholine rings is 1. The smallest absolute Gasteiger partial charge is 0.319 e. The number of hydrogen-bond acceptors (Lipinski definition) is 4. The molecule has 1 atom stereocenters. The second-order valence-corrected chi connectivity index (χ2v) is 6.25. The fraction of sp³-hybridized carbons (Fsp3) is 0.444. The number of ether oxygens (including phenoxy) is 1. The van der Waals surface area contributed by atoms with Crippen LogP contribution in [0.5, 0.6) is 0 Å². The molecule has 1 saturated heterocycles. The van der Waals surface area contributed by atoms with E-state index in [1.807, 2.05) is 19.1 Å². The zero-order valence-electron chi connectivity index (χ0n) is 14.5. The number of urea groups is 1. The monoisotopic (exact) mass is 343 g/mol. The Balaban J connectivity index is 1.44. The van der Waals surface area contributed by atoms with Crippen molar-refractivity contribution in [1.29, 1.82) is 0 Å². The van der Waals surface area contributed by atoms with Crippen molar-refractivity contribution in [3.8, 4) is 0 Å². The molecule has 0 saturated carbocycles. The molecule has 25 heavy (non-hydrogen) atoms. The Morgan fingerprint density at radius 3 is 2.76 bits per heavy atom. The van der Waals surface area contributed by atoms with Gasteiger partial charge < -0.3 is 15.4 Å². The van der Waals surface area contributed by atoms with Crippen LogP contribution in [0.25, 0.3) is 0 Å². The second kappa shape index (κ2) is 8.64. The van der Waals surface area contributed by atoms with Crippen molar-refractivity contribution in [2.45, 2.75) is 19.4 Å². The number of amides is 2. The van der Waals surface area contributed by atoms with Gasteiger partial charge in [0.1, 0.15) is 0 Å². The number of carbonyl (C=O) groups is 1. The van der Waals surface area contributed by atoms with Crippen molar-refractivity contribution in [3.05, 3.63) is 47.8 Å². The van der Waals surface area contributed by atoms with E-state index in [1.165, 1.54) is 5.56 Å². The van der Waals surface area contributed by atoms with E-state index in [0.717, 1.165) is 50.5 Å². The minimum atomic E-state index is -0.227. The van der Waals surface area contributed by atoms with Gasteiger partial charge in [-0.2, -0.15) is 5.10 Å². The zero-order valence-corrected chi connectivity index (χ0v) is 14.5. The molecule has 1 aromatic carbocycles. The Morgan fingerprint density at radius 2 is 2.08 bits per heavy atom. The van der Waals surface area contributed by atoms with Crippen molar-refractivity contribution < 1.29 is 9.53 Å². The van der Waals surface area contributed by atoms with Gasteiger partial charge in [0, 0.05) is 37.1 Å². The Hall–Kier alpha value is -2.38. The lowest BCUT2D eigenvalue weighted by atomic mass is 10.1. The molecule has 0 bridgehead atoms. The van der Waals surface area contributed by atoms with Gasteiger partial charge in [-0.25, -0.2) is 4.79 Å². The van der Waals surface area contributed by atoms with Gasteiger partial charge in [-0.3, -0.25) is 10.00 Å². The van der Waals surface area contributed by atoms with E-state index in [9.17, 15) is 4.79 Å². The molecule has 1 aliphatic rings. The number of carbonyl (C=O) groups excluding carboxylic acids is 1. The molecule has 0 unspecified atom stereocenters. The molecule has 3 N–H and O–H groups in total. The van der Waals surface area contributed by atoms with Crippen LogP contribution in [0.2, 0.25) is 0 Å². The summed E-state index contributed by atoms with van der Waals surface area (Å²) in [7, 11) is 0. The highest BCUT2D eigenvalue weighted by molar-refractivity contribution is 5.89. The van der Waals surface area contributed by atoms with Gasteiger partial charge in [-0.05, 0) is 31.0 Å². The third-order valence-corrected chi connectivity index (χ3v) is 4.40. The van der Waals surface area contributed by atoms with E-state index in [2.05, 4.69) is 37.9 Å². The van der Waals surface area contributed by atoms with Crippen molar-refractivity contribution in [3.63, 3.8) is 0 Å². The number of anilines is 1. The first-order chi connectivity index (χ1) is 12.2. The molecule has 134 valence electrons. The fourth-order valence-electron chi connectivity index (χ4n) is 2.81. The number of H-pyrrole nitrogens is 1. The van der Waals surface area contributed by atoms with Crippen LogP contribution in [-0.4, -0.2) is 54.0 Å². The number of benzene rings is 1. The number of aromatic nitrogens is 2. The highest BCUT2D eigenvalue weighted by Crippen LogP contribution is 2.13. The Kier molecular flexibility index (Phi) is 6.03. The highest BCUT2D eigenvalue weighted by atomic mass is 16.5. The maximum Gasteiger partial charge on any atom is 0.319 e. The molecule has 0 aliphatic carbocycles. The van der Waals surface area contributed by atoms with E-state index in [1.54, 1.807) is 12.4 Å². The number of nitrogens with one attached hydrogen (secondary N) is 3. The lowest BCUT2D eigenvalue weighted by Crippen LogP contribution is -2.37. The van der Waals surface area contributed by atoms with Gasteiger partial charge in [0.05, 0.1) is 25.5 Å². The molecule has 0 spiro atoms. The molecule has 2 heterocycles. The molecular formula is C18H25N5O2. The summed E-state index contributed by atoms with van der Waals surface area (Å²) in [4.78, 5) is 14.5. The topological polar surface area (TPSA) is 82.3 Å². The number of nitrogens with zero attached hydrogens (tertiary/aromatic N) is 2. The maximum absolute atomic E-state index is 12.1. The zero-order chi connectivity index (χ0) is 17.5. The SMILES string of the molecule is C[C@@H](NC(=O)Nc1ccc(CCN2CCOCC2)cc1)c1cn[nH]c1. The standard InChI is InChI=1S/C18H25N5O2/c1-14(16-12-19-20-13-16)21-18(24)22-17-4-2-15(3-5-17)6-7-23-8-10-25-11-9-23/h2-5,12-14H,6-11H2,1H3,(H,19,20)(H2,21,22,24)/t14-/m1/s1. The highest BCUT2D eigenvalue weighted by Gasteiger charge is 2.11. The van der Waals surface area contributed by atoms with Gasteiger partial charge in [0.15, 0.2) is 0 Å². The number of hydrogen-bond donors (Lipinski definition) is 3. The summed E-state index contributed by atoms with van der Waals surface area (Å²) in [5, 5.41) is 12.4. The van der Waals surface area contributed by atoms with Crippen LogP contribution in [0.4, 0.5) is 10.5 Å². The average Bonchev–Trinajstić information content (AvgIpc) is 3.17. The largest absolute Gasteiger partial charge is 0.379 e. The van der Waals surface area contributed by atoms with E-state index in [-0.39, 0.29) is 12.1 Å². The molecule has 2 aromatic rings. The molecule has 0 radical (unpaired) electrons. The summed E-state index contributed by atoms with van der Waals surface area (Å²) in [5.41, 5.74) is 2.99. The molecule has 1 aliphatic heterocycles. The van der Waals surface area contributed by atoms with E-state index >= 15 is 0 Å². The molecule has 3 rings (SSSR count). The first-order valence-corrected chi connectivity index (χ1v) is 8.66. The summed E-state index contributed by atoms with van der Waals surface area (Å²) in [6, 6.07) is 7.68. The van der Waals surface area contributed by atoms with Gasteiger partial charge in [-0.1, -0.05) is 12.1 Å². The molecule has 7 heteroatoms. The number of aromatic amines is 1. The van der Waals surface area contributed by atoms with Crippen LogP contribution < -0.4 is 10.6 Å². The molecule has 1 fully saturated rings. The molecular weight excluding hydrogens is 318 g/mol. The summed E-state index contributed by atoms with van der Waals surface area (Å²) in [5.74, 6) is 0. The molecule has 1 aromatic heterocycles. The van der Waals surface area contributed by atoms with Crippen LogP contribution in [0.15, 0.2) is 36.7 Å². The van der Waals surface area contributed by atoms with E-state index in [0.29, 0.717) is 0 Å². The molecule has 2 amide bonds. The van der Waals surface area contributed by atoms with E-state index in [4.69, 9.17) is 4.74 Å². The van der Waals surface area contributed by atoms with Gasteiger partial charge in [0.25, 0.3) is 0 Å².